The summed E-state index contributed by atoms with van der Waals surface area (Å²) in [6.07, 6.45) is 0.951. The quantitative estimate of drug-likeness (QED) is 0.628. The molecule has 148 valence electrons. The van der Waals surface area contributed by atoms with Gasteiger partial charge in [0, 0.05) is 24.0 Å². The molecule has 0 saturated carbocycles. The SMILES string of the molecule is CN(C)CCn1c2c(c3cc(OCc4ccccc4)ccc31)CCOC2(C)C. The Morgan fingerprint density at radius 1 is 1.11 bits per heavy atom. The molecular weight excluding hydrogens is 348 g/mol. The second-order valence-electron chi connectivity index (χ2n) is 8.34. The van der Waals surface area contributed by atoms with Crippen molar-refractivity contribution in [3.8, 4) is 5.75 Å². The summed E-state index contributed by atoms with van der Waals surface area (Å²) in [5, 5.41) is 1.30. The largest absolute Gasteiger partial charge is 0.489 e. The maximum absolute atomic E-state index is 6.14. The van der Waals surface area contributed by atoms with Crippen LogP contribution in [0.4, 0.5) is 0 Å². The van der Waals surface area contributed by atoms with Crippen LogP contribution >= 0.6 is 0 Å². The Morgan fingerprint density at radius 3 is 2.64 bits per heavy atom. The van der Waals surface area contributed by atoms with Crippen LogP contribution in [0.15, 0.2) is 48.5 Å². The zero-order valence-corrected chi connectivity index (χ0v) is 17.4. The molecule has 2 aromatic carbocycles. The van der Waals surface area contributed by atoms with Crippen molar-refractivity contribution in [2.75, 3.05) is 27.2 Å². The highest BCUT2D eigenvalue weighted by Gasteiger charge is 2.34. The third-order valence-corrected chi connectivity index (χ3v) is 5.54. The number of aromatic nitrogens is 1. The second kappa shape index (κ2) is 7.61. The van der Waals surface area contributed by atoms with Crippen molar-refractivity contribution < 1.29 is 9.47 Å². The van der Waals surface area contributed by atoms with E-state index in [0.717, 1.165) is 31.9 Å². The van der Waals surface area contributed by atoms with Crippen molar-refractivity contribution in [2.24, 2.45) is 0 Å². The molecule has 4 heteroatoms. The lowest BCUT2D eigenvalue weighted by atomic mass is 9.94. The molecule has 4 rings (SSSR count). The zero-order chi connectivity index (χ0) is 19.7. The van der Waals surface area contributed by atoms with Crippen LogP contribution in [0.3, 0.4) is 0 Å². The predicted molar refractivity (Wildman–Crippen MR) is 114 cm³/mol. The summed E-state index contributed by atoms with van der Waals surface area (Å²) in [7, 11) is 4.24. The number of ether oxygens (including phenoxy) is 2. The molecule has 1 aromatic heterocycles. The fourth-order valence-electron chi connectivity index (χ4n) is 4.18. The van der Waals surface area contributed by atoms with Gasteiger partial charge >= 0.3 is 0 Å². The Labute approximate surface area is 167 Å². The molecule has 0 atom stereocenters. The summed E-state index contributed by atoms with van der Waals surface area (Å²) in [5.74, 6) is 0.924. The first-order chi connectivity index (χ1) is 13.5. The third kappa shape index (κ3) is 3.67. The van der Waals surface area contributed by atoms with Crippen LogP contribution in [0.1, 0.15) is 30.7 Å². The van der Waals surface area contributed by atoms with Crippen LogP contribution in [-0.2, 0) is 29.9 Å². The summed E-state index contributed by atoms with van der Waals surface area (Å²) < 4.78 is 14.7. The van der Waals surface area contributed by atoms with Crippen molar-refractivity contribution in [3.63, 3.8) is 0 Å². The first-order valence-electron chi connectivity index (χ1n) is 10.1. The molecule has 0 radical (unpaired) electrons. The van der Waals surface area contributed by atoms with Crippen LogP contribution in [0.25, 0.3) is 10.9 Å². The van der Waals surface area contributed by atoms with Gasteiger partial charge in [0.05, 0.1) is 12.3 Å². The number of fused-ring (bicyclic) bond motifs is 3. The Balaban J connectivity index is 1.72. The van der Waals surface area contributed by atoms with Crippen LogP contribution in [0, 0.1) is 0 Å². The molecule has 3 aromatic rings. The van der Waals surface area contributed by atoms with Gasteiger partial charge in [-0.15, -0.1) is 0 Å². The lowest BCUT2D eigenvalue weighted by molar-refractivity contribution is -0.0370. The number of hydrogen-bond donors (Lipinski definition) is 0. The lowest BCUT2D eigenvalue weighted by Gasteiger charge is -2.33. The summed E-state index contributed by atoms with van der Waals surface area (Å²) in [4.78, 5) is 2.23. The first kappa shape index (κ1) is 19.0. The predicted octanol–water partition coefficient (Wildman–Crippen LogP) is 4.59. The smallest absolute Gasteiger partial charge is 0.120 e. The molecule has 2 heterocycles. The van der Waals surface area contributed by atoms with Gasteiger partial charge in [-0.3, -0.25) is 0 Å². The van der Waals surface area contributed by atoms with E-state index in [1.54, 1.807) is 0 Å². The van der Waals surface area contributed by atoms with Crippen LogP contribution in [0.2, 0.25) is 0 Å². The molecule has 0 N–H and O–H groups in total. The van der Waals surface area contributed by atoms with E-state index in [1.165, 1.54) is 27.7 Å². The number of nitrogens with zero attached hydrogens (tertiary/aromatic N) is 2. The first-order valence-corrected chi connectivity index (χ1v) is 10.1. The summed E-state index contributed by atoms with van der Waals surface area (Å²) in [5.41, 5.74) is 4.91. The second-order valence-corrected chi connectivity index (χ2v) is 8.34. The van der Waals surface area contributed by atoms with E-state index >= 15 is 0 Å². The zero-order valence-electron chi connectivity index (χ0n) is 17.4. The molecular formula is C24H30N2O2. The van der Waals surface area contributed by atoms with Gasteiger partial charge in [0.2, 0.25) is 0 Å². The van der Waals surface area contributed by atoms with Gasteiger partial charge in [-0.05, 0) is 63.7 Å². The fourth-order valence-corrected chi connectivity index (χ4v) is 4.18. The van der Waals surface area contributed by atoms with Gasteiger partial charge in [-0.1, -0.05) is 30.3 Å². The Morgan fingerprint density at radius 2 is 1.89 bits per heavy atom. The average molecular weight is 379 g/mol. The molecule has 0 aliphatic carbocycles. The third-order valence-electron chi connectivity index (χ3n) is 5.54. The maximum Gasteiger partial charge on any atom is 0.120 e. The van der Waals surface area contributed by atoms with Gasteiger partial charge in [-0.2, -0.15) is 0 Å². The number of likely N-dealkylation sites (N-methyl/N-ethyl adjacent to an activating group) is 1. The molecule has 1 aliphatic rings. The summed E-state index contributed by atoms with van der Waals surface area (Å²) in [6, 6.07) is 16.8. The Bertz CT molecular complexity index is 958. The minimum absolute atomic E-state index is 0.274. The van der Waals surface area contributed by atoms with Gasteiger partial charge in [0.15, 0.2) is 0 Å². The van der Waals surface area contributed by atoms with E-state index in [9.17, 15) is 0 Å². The fraction of sp³-hybridized carbons (Fsp3) is 0.417. The van der Waals surface area contributed by atoms with E-state index in [2.05, 4.69) is 67.7 Å². The summed E-state index contributed by atoms with van der Waals surface area (Å²) in [6.45, 7) is 7.67. The highest BCUT2D eigenvalue weighted by atomic mass is 16.5. The maximum atomic E-state index is 6.14. The van der Waals surface area contributed by atoms with Gasteiger partial charge in [0.25, 0.3) is 0 Å². The number of rotatable bonds is 6. The van der Waals surface area contributed by atoms with E-state index in [0.29, 0.717) is 6.61 Å². The minimum atomic E-state index is -0.274. The number of hydrogen-bond acceptors (Lipinski definition) is 3. The van der Waals surface area contributed by atoms with E-state index in [-0.39, 0.29) is 5.60 Å². The van der Waals surface area contributed by atoms with Crippen molar-refractivity contribution in [1.82, 2.24) is 9.47 Å². The molecule has 0 unspecified atom stereocenters. The number of benzene rings is 2. The van der Waals surface area contributed by atoms with Crippen molar-refractivity contribution in [1.29, 1.82) is 0 Å². The van der Waals surface area contributed by atoms with Gasteiger partial charge in [0.1, 0.15) is 18.0 Å². The standard InChI is InChI=1S/C24H30N2O2/c1-24(2)23-20(12-15-28-24)21-16-19(27-17-18-8-6-5-7-9-18)10-11-22(21)26(23)14-13-25(3)4/h5-11,16H,12-15,17H2,1-4H3. The van der Waals surface area contributed by atoms with Crippen molar-refractivity contribution in [2.45, 2.75) is 39.0 Å². The lowest BCUT2D eigenvalue weighted by Crippen LogP contribution is -2.32. The molecule has 1 aliphatic heterocycles. The van der Waals surface area contributed by atoms with Gasteiger partial charge in [-0.25, -0.2) is 0 Å². The van der Waals surface area contributed by atoms with E-state index in [1.807, 2.05) is 18.2 Å². The molecule has 0 fully saturated rings. The minimum Gasteiger partial charge on any atom is -0.489 e. The Kier molecular flexibility index (Phi) is 5.17. The van der Waals surface area contributed by atoms with Crippen LogP contribution in [-0.4, -0.2) is 36.7 Å². The molecule has 0 saturated heterocycles. The molecule has 0 bridgehead atoms. The van der Waals surface area contributed by atoms with Crippen molar-refractivity contribution >= 4 is 10.9 Å². The molecule has 28 heavy (non-hydrogen) atoms. The monoisotopic (exact) mass is 378 g/mol. The van der Waals surface area contributed by atoms with Crippen molar-refractivity contribution in [3.05, 3.63) is 65.4 Å². The molecule has 4 nitrogen and oxygen atoms in total. The van der Waals surface area contributed by atoms with Crippen LogP contribution in [0.5, 0.6) is 5.75 Å². The highest BCUT2D eigenvalue weighted by molar-refractivity contribution is 5.87. The van der Waals surface area contributed by atoms with E-state index in [4.69, 9.17) is 9.47 Å². The molecule has 0 spiro atoms. The topological polar surface area (TPSA) is 26.6 Å². The molecule has 0 amide bonds. The van der Waals surface area contributed by atoms with Crippen LogP contribution < -0.4 is 4.74 Å². The van der Waals surface area contributed by atoms with Gasteiger partial charge < -0.3 is 18.9 Å². The highest BCUT2D eigenvalue weighted by Crippen LogP contribution is 2.40. The summed E-state index contributed by atoms with van der Waals surface area (Å²) >= 11 is 0. The average Bonchev–Trinajstić information content (AvgIpc) is 3.00. The normalized spacial score (nSPS) is 15.8. The van der Waals surface area contributed by atoms with E-state index < -0.39 is 0 Å². The Hall–Kier alpha value is -2.30.